The maximum absolute atomic E-state index is 13.0. The smallest absolute Gasteiger partial charge is 0.291 e. The Kier molecular flexibility index (Phi) is 5.13. The van der Waals surface area contributed by atoms with Crippen LogP contribution in [0.2, 0.25) is 0 Å². The normalized spacial score (nSPS) is 12.8. The van der Waals surface area contributed by atoms with Crippen molar-refractivity contribution in [3.63, 3.8) is 0 Å². The Balaban J connectivity index is 2.12. The topological polar surface area (TPSA) is 90.8 Å². The van der Waals surface area contributed by atoms with Crippen molar-refractivity contribution in [3.05, 3.63) is 34.1 Å². The molecule has 0 aliphatic rings. The minimum Gasteiger partial charge on any atom is -0.460 e. The quantitative estimate of drug-likeness (QED) is 0.649. The van der Waals surface area contributed by atoms with Crippen molar-refractivity contribution in [1.82, 2.24) is 19.5 Å². The van der Waals surface area contributed by atoms with Gasteiger partial charge in [-0.1, -0.05) is 13.8 Å². The summed E-state index contributed by atoms with van der Waals surface area (Å²) in [5.74, 6) is 1.25. The lowest BCUT2D eigenvalue weighted by molar-refractivity contribution is -0.125. The molecule has 0 saturated heterocycles. The van der Waals surface area contributed by atoms with E-state index >= 15 is 0 Å². The van der Waals surface area contributed by atoms with Crippen LogP contribution in [0.5, 0.6) is 0 Å². The molecular formula is C18H24N4O4. The average molecular weight is 360 g/mol. The molecule has 1 atom stereocenters. The van der Waals surface area contributed by atoms with Crippen LogP contribution in [0.25, 0.3) is 16.6 Å². The summed E-state index contributed by atoms with van der Waals surface area (Å²) in [4.78, 5) is 25.5. The summed E-state index contributed by atoms with van der Waals surface area (Å²) in [7, 11) is 1.57. The molecule has 3 heterocycles. The molecule has 0 aliphatic heterocycles. The van der Waals surface area contributed by atoms with Crippen molar-refractivity contribution < 1.29 is 13.9 Å². The van der Waals surface area contributed by atoms with E-state index in [0.717, 1.165) is 11.3 Å². The first-order valence-corrected chi connectivity index (χ1v) is 8.81. The van der Waals surface area contributed by atoms with Crippen molar-refractivity contribution in [3.8, 4) is 0 Å². The Morgan fingerprint density at radius 1 is 1.35 bits per heavy atom. The lowest BCUT2D eigenvalue weighted by Gasteiger charge is -2.18. The number of nitrogens with zero attached hydrogens (tertiary/aromatic N) is 3. The standard InChI is InChI=1S/C18H24N4O4/c1-5-12(17(23)19-7-8-25-4)22-18(24)14-10-15-13(9-11(3)26-15)21(14)16(6-2)20-22/h9-10,12H,5-8H2,1-4H3,(H,19,23). The van der Waals surface area contributed by atoms with Crippen molar-refractivity contribution in [2.45, 2.75) is 39.7 Å². The van der Waals surface area contributed by atoms with Crippen LogP contribution in [0.15, 0.2) is 21.3 Å². The predicted octanol–water partition coefficient (Wildman–Crippen LogP) is 1.83. The number of carbonyl (C=O) groups is 1. The van der Waals surface area contributed by atoms with Gasteiger partial charge in [-0.3, -0.25) is 14.0 Å². The van der Waals surface area contributed by atoms with E-state index in [2.05, 4.69) is 10.4 Å². The molecule has 0 saturated carbocycles. The van der Waals surface area contributed by atoms with E-state index in [1.807, 2.05) is 31.2 Å². The van der Waals surface area contributed by atoms with Crippen LogP contribution in [0.3, 0.4) is 0 Å². The molecule has 140 valence electrons. The highest BCUT2D eigenvalue weighted by atomic mass is 16.5. The number of fused-ring (bicyclic) bond motifs is 3. The first-order valence-electron chi connectivity index (χ1n) is 8.81. The van der Waals surface area contributed by atoms with Gasteiger partial charge in [0.1, 0.15) is 23.1 Å². The average Bonchev–Trinajstić information content (AvgIpc) is 3.14. The number of furan rings is 1. The first kappa shape index (κ1) is 18.2. The highest BCUT2D eigenvalue weighted by molar-refractivity contribution is 5.83. The molecule has 8 heteroatoms. The summed E-state index contributed by atoms with van der Waals surface area (Å²) in [6.45, 7) is 6.50. The molecule has 0 aromatic carbocycles. The predicted molar refractivity (Wildman–Crippen MR) is 97.6 cm³/mol. The maximum Gasteiger partial charge on any atom is 0.291 e. The molecule has 3 aromatic rings. The molecule has 1 amide bonds. The summed E-state index contributed by atoms with van der Waals surface area (Å²) in [6, 6.07) is 2.94. The SMILES string of the molecule is CCc1nn(C(CC)C(=O)NCCOC)c(=O)c2cc3oc(C)cc3n12. The van der Waals surface area contributed by atoms with Gasteiger partial charge >= 0.3 is 0 Å². The minimum absolute atomic E-state index is 0.239. The number of hydrogen-bond donors (Lipinski definition) is 1. The Labute approximate surface area is 150 Å². The van der Waals surface area contributed by atoms with Crippen LogP contribution in [0.4, 0.5) is 0 Å². The van der Waals surface area contributed by atoms with Crippen LogP contribution >= 0.6 is 0 Å². The van der Waals surface area contributed by atoms with Gasteiger partial charge in [0.15, 0.2) is 5.58 Å². The summed E-state index contributed by atoms with van der Waals surface area (Å²) in [6.07, 6.45) is 1.08. The van der Waals surface area contributed by atoms with Crippen molar-refractivity contribution >= 4 is 22.5 Å². The monoisotopic (exact) mass is 360 g/mol. The van der Waals surface area contributed by atoms with Gasteiger partial charge < -0.3 is 14.5 Å². The third-order valence-electron chi connectivity index (χ3n) is 4.43. The number of aromatic nitrogens is 3. The Morgan fingerprint density at radius 2 is 2.12 bits per heavy atom. The van der Waals surface area contributed by atoms with Crippen LogP contribution in [0.1, 0.15) is 37.9 Å². The second kappa shape index (κ2) is 7.33. The van der Waals surface area contributed by atoms with E-state index in [4.69, 9.17) is 9.15 Å². The van der Waals surface area contributed by atoms with Crippen LogP contribution in [0, 0.1) is 6.92 Å². The molecule has 26 heavy (non-hydrogen) atoms. The van der Waals surface area contributed by atoms with Gasteiger partial charge in [-0.25, -0.2) is 4.68 Å². The number of hydrogen-bond acceptors (Lipinski definition) is 5. The van der Waals surface area contributed by atoms with Gasteiger partial charge in [0, 0.05) is 32.2 Å². The second-order valence-electron chi connectivity index (χ2n) is 6.20. The third-order valence-corrected chi connectivity index (χ3v) is 4.43. The zero-order valence-corrected chi connectivity index (χ0v) is 15.5. The fourth-order valence-corrected chi connectivity index (χ4v) is 3.19. The largest absolute Gasteiger partial charge is 0.460 e. The van der Waals surface area contributed by atoms with E-state index < -0.39 is 6.04 Å². The molecule has 8 nitrogen and oxygen atoms in total. The van der Waals surface area contributed by atoms with Gasteiger partial charge in [-0.15, -0.1) is 0 Å². The van der Waals surface area contributed by atoms with E-state index in [1.54, 1.807) is 13.2 Å². The Hall–Kier alpha value is -2.61. The molecule has 0 fully saturated rings. The molecule has 3 rings (SSSR count). The maximum atomic E-state index is 13.0. The minimum atomic E-state index is -0.669. The fourth-order valence-electron chi connectivity index (χ4n) is 3.19. The van der Waals surface area contributed by atoms with Crippen molar-refractivity contribution in [2.24, 2.45) is 0 Å². The highest BCUT2D eigenvalue weighted by Crippen LogP contribution is 2.23. The summed E-state index contributed by atoms with van der Waals surface area (Å²) < 4.78 is 13.7. The van der Waals surface area contributed by atoms with E-state index in [0.29, 0.717) is 42.9 Å². The number of nitrogens with one attached hydrogen (secondary N) is 1. The number of carbonyl (C=O) groups excluding carboxylic acids is 1. The molecular weight excluding hydrogens is 336 g/mol. The lowest BCUT2D eigenvalue weighted by atomic mass is 10.2. The van der Waals surface area contributed by atoms with E-state index in [9.17, 15) is 9.59 Å². The van der Waals surface area contributed by atoms with Gasteiger partial charge in [0.2, 0.25) is 5.91 Å². The summed E-state index contributed by atoms with van der Waals surface area (Å²) in [5.41, 5.74) is 1.63. The molecule has 0 aliphatic carbocycles. The first-order chi connectivity index (χ1) is 12.5. The number of methoxy groups -OCH3 is 1. The van der Waals surface area contributed by atoms with E-state index in [1.165, 1.54) is 4.68 Å². The summed E-state index contributed by atoms with van der Waals surface area (Å²) >= 11 is 0. The van der Waals surface area contributed by atoms with Crippen molar-refractivity contribution in [1.29, 1.82) is 0 Å². The molecule has 0 radical (unpaired) electrons. The van der Waals surface area contributed by atoms with Crippen LogP contribution < -0.4 is 10.9 Å². The zero-order chi connectivity index (χ0) is 18.8. The van der Waals surface area contributed by atoms with Crippen LogP contribution in [-0.2, 0) is 16.0 Å². The Bertz CT molecular complexity index is 998. The molecule has 0 spiro atoms. The van der Waals surface area contributed by atoms with Gasteiger partial charge in [0.25, 0.3) is 5.56 Å². The number of ether oxygens (including phenoxy) is 1. The number of rotatable bonds is 7. The molecule has 1 N–H and O–H groups in total. The lowest BCUT2D eigenvalue weighted by Crippen LogP contribution is -2.40. The molecule has 3 aromatic heterocycles. The van der Waals surface area contributed by atoms with E-state index in [-0.39, 0.29) is 11.5 Å². The third kappa shape index (κ3) is 3.01. The highest BCUT2D eigenvalue weighted by Gasteiger charge is 2.24. The van der Waals surface area contributed by atoms with Gasteiger partial charge in [0.05, 0.1) is 12.1 Å². The number of aryl methyl sites for hydroxylation is 2. The van der Waals surface area contributed by atoms with Gasteiger partial charge in [-0.2, -0.15) is 5.10 Å². The number of amides is 1. The van der Waals surface area contributed by atoms with Gasteiger partial charge in [-0.05, 0) is 13.3 Å². The molecule has 1 unspecified atom stereocenters. The summed E-state index contributed by atoms with van der Waals surface area (Å²) in [5, 5.41) is 7.29. The van der Waals surface area contributed by atoms with Crippen LogP contribution in [-0.4, -0.2) is 40.3 Å². The second-order valence-corrected chi connectivity index (χ2v) is 6.20. The fraction of sp³-hybridized carbons (Fsp3) is 0.500. The Morgan fingerprint density at radius 3 is 2.77 bits per heavy atom. The zero-order valence-electron chi connectivity index (χ0n) is 15.5. The van der Waals surface area contributed by atoms with Crippen molar-refractivity contribution in [2.75, 3.05) is 20.3 Å². The molecule has 0 bridgehead atoms.